The Kier molecular flexibility index (Phi) is 10.3. The summed E-state index contributed by atoms with van der Waals surface area (Å²) in [6.07, 6.45) is 8.86. The van der Waals surface area contributed by atoms with Gasteiger partial charge in [-0.25, -0.2) is 9.78 Å². The van der Waals surface area contributed by atoms with Crippen LogP contribution in [-0.2, 0) is 9.47 Å². The maximum absolute atomic E-state index is 11.6. The fraction of sp³-hybridized carbons (Fsp3) is 0.538. The molecule has 1 aliphatic rings. The van der Waals surface area contributed by atoms with Crippen LogP contribution in [0.4, 0.5) is 11.5 Å². The van der Waals surface area contributed by atoms with Gasteiger partial charge in [0.05, 0.1) is 19.3 Å². The Bertz CT molecular complexity index is 818. The third-order valence-electron chi connectivity index (χ3n) is 5.99. The van der Waals surface area contributed by atoms with Crippen LogP contribution in [0.1, 0.15) is 48.9 Å². The van der Waals surface area contributed by atoms with Crippen LogP contribution in [0, 0.1) is 0 Å². The van der Waals surface area contributed by atoms with Crippen molar-refractivity contribution in [3.8, 4) is 5.75 Å². The standard InChI is InChI=1S/C26H37N3O4/c1-31-19-7-5-3-4-6-8-20-33-24-12-10-23(11-13-24)28-15-17-29(18-16-28)25-14-9-22(21-27-25)26(30)32-2/h9-14,21H,3-8,15-20H2,1-2H3. The Morgan fingerprint density at radius 1 is 0.818 bits per heavy atom. The molecule has 0 N–H and O–H groups in total. The van der Waals surface area contributed by atoms with Crippen LogP contribution in [-0.4, -0.2) is 64.6 Å². The molecule has 0 spiro atoms. The first kappa shape index (κ1) is 24.8. The number of pyridine rings is 1. The predicted octanol–water partition coefficient (Wildman–Crippen LogP) is 4.56. The summed E-state index contributed by atoms with van der Waals surface area (Å²) in [5.74, 6) is 1.47. The van der Waals surface area contributed by atoms with Gasteiger partial charge in [0.25, 0.3) is 0 Å². The number of hydrogen-bond acceptors (Lipinski definition) is 7. The number of unbranched alkanes of at least 4 members (excludes halogenated alkanes) is 5. The van der Waals surface area contributed by atoms with E-state index in [0.717, 1.165) is 63.8 Å². The van der Waals surface area contributed by atoms with Crippen LogP contribution >= 0.6 is 0 Å². The lowest BCUT2D eigenvalue weighted by Crippen LogP contribution is -2.46. The Hall–Kier alpha value is -2.80. The number of rotatable bonds is 13. The molecule has 2 heterocycles. The van der Waals surface area contributed by atoms with Crippen molar-refractivity contribution in [2.45, 2.75) is 38.5 Å². The van der Waals surface area contributed by atoms with E-state index in [1.54, 1.807) is 19.4 Å². The third-order valence-corrected chi connectivity index (χ3v) is 5.99. The molecule has 1 aromatic carbocycles. The molecule has 1 saturated heterocycles. The zero-order valence-electron chi connectivity index (χ0n) is 20.0. The molecule has 0 unspecified atom stereocenters. The van der Waals surface area contributed by atoms with E-state index < -0.39 is 0 Å². The van der Waals surface area contributed by atoms with Crippen molar-refractivity contribution in [2.24, 2.45) is 0 Å². The van der Waals surface area contributed by atoms with E-state index in [-0.39, 0.29) is 5.97 Å². The van der Waals surface area contributed by atoms with Crippen molar-refractivity contribution in [2.75, 3.05) is 63.4 Å². The third kappa shape index (κ3) is 7.93. The summed E-state index contributed by atoms with van der Waals surface area (Å²) in [4.78, 5) is 20.6. The van der Waals surface area contributed by atoms with Crippen LogP contribution in [0.25, 0.3) is 0 Å². The highest BCUT2D eigenvalue weighted by Crippen LogP contribution is 2.22. The van der Waals surface area contributed by atoms with Gasteiger partial charge < -0.3 is 24.0 Å². The van der Waals surface area contributed by atoms with E-state index >= 15 is 0 Å². The number of anilines is 2. The van der Waals surface area contributed by atoms with Crippen molar-refractivity contribution >= 4 is 17.5 Å². The number of piperazine rings is 1. The lowest BCUT2D eigenvalue weighted by atomic mass is 10.1. The molecule has 2 aromatic rings. The van der Waals surface area contributed by atoms with Crippen LogP contribution in [0.5, 0.6) is 5.75 Å². The Balaban J connectivity index is 1.35. The van der Waals surface area contributed by atoms with Gasteiger partial charge in [0.1, 0.15) is 11.6 Å². The van der Waals surface area contributed by atoms with Crippen molar-refractivity contribution in [1.82, 2.24) is 4.98 Å². The highest BCUT2D eigenvalue weighted by atomic mass is 16.5. The predicted molar refractivity (Wildman–Crippen MR) is 132 cm³/mol. The van der Waals surface area contributed by atoms with E-state index in [4.69, 9.17) is 14.2 Å². The molecule has 0 atom stereocenters. The minimum Gasteiger partial charge on any atom is -0.494 e. The molecule has 0 radical (unpaired) electrons. The fourth-order valence-electron chi connectivity index (χ4n) is 4.00. The number of carbonyl (C=O) groups excluding carboxylic acids is 1. The molecule has 7 nitrogen and oxygen atoms in total. The average Bonchev–Trinajstić information content (AvgIpc) is 2.88. The molecule has 0 aliphatic carbocycles. The molecule has 180 valence electrons. The van der Waals surface area contributed by atoms with Crippen molar-refractivity contribution < 1.29 is 19.0 Å². The Morgan fingerprint density at radius 2 is 1.45 bits per heavy atom. The van der Waals surface area contributed by atoms with Gasteiger partial charge in [-0.05, 0) is 49.2 Å². The second-order valence-electron chi connectivity index (χ2n) is 8.33. The number of nitrogens with zero attached hydrogens (tertiary/aromatic N) is 3. The molecular weight excluding hydrogens is 418 g/mol. The van der Waals surface area contributed by atoms with Crippen LogP contribution in [0.3, 0.4) is 0 Å². The SMILES string of the molecule is COCCCCCCCCOc1ccc(N2CCN(c3ccc(C(=O)OC)cn3)CC2)cc1. The van der Waals surface area contributed by atoms with E-state index in [1.165, 1.54) is 38.5 Å². The molecule has 3 rings (SSSR count). The Labute approximate surface area is 197 Å². The first-order chi connectivity index (χ1) is 16.2. The van der Waals surface area contributed by atoms with Gasteiger partial charge in [0.2, 0.25) is 0 Å². The van der Waals surface area contributed by atoms with Gasteiger partial charge in [-0.1, -0.05) is 25.7 Å². The summed E-state index contributed by atoms with van der Waals surface area (Å²) in [5.41, 5.74) is 1.69. The fourth-order valence-corrected chi connectivity index (χ4v) is 4.00. The summed E-state index contributed by atoms with van der Waals surface area (Å²) in [6.45, 7) is 5.26. The van der Waals surface area contributed by atoms with Gasteiger partial charge in [-0.3, -0.25) is 0 Å². The maximum atomic E-state index is 11.6. The number of benzene rings is 1. The first-order valence-corrected chi connectivity index (χ1v) is 12.0. The number of hydrogen-bond donors (Lipinski definition) is 0. The summed E-state index contributed by atoms with van der Waals surface area (Å²) >= 11 is 0. The summed E-state index contributed by atoms with van der Waals surface area (Å²) in [7, 11) is 3.14. The Morgan fingerprint density at radius 3 is 2.06 bits per heavy atom. The summed E-state index contributed by atoms with van der Waals surface area (Å²) in [5, 5.41) is 0. The van der Waals surface area contributed by atoms with Crippen molar-refractivity contribution in [1.29, 1.82) is 0 Å². The van der Waals surface area contributed by atoms with Crippen LogP contribution in [0.2, 0.25) is 0 Å². The zero-order valence-corrected chi connectivity index (χ0v) is 20.0. The minimum atomic E-state index is -0.361. The highest BCUT2D eigenvalue weighted by Gasteiger charge is 2.19. The number of aromatic nitrogens is 1. The van der Waals surface area contributed by atoms with Crippen LogP contribution in [0.15, 0.2) is 42.6 Å². The number of esters is 1. The normalized spacial score (nSPS) is 13.8. The topological polar surface area (TPSA) is 64.1 Å². The smallest absolute Gasteiger partial charge is 0.339 e. The highest BCUT2D eigenvalue weighted by molar-refractivity contribution is 5.89. The molecule has 33 heavy (non-hydrogen) atoms. The quantitative estimate of drug-likeness (QED) is 0.324. The lowest BCUT2D eigenvalue weighted by molar-refractivity contribution is 0.0600. The second kappa shape index (κ2) is 13.7. The van der Waals surface area contributed by atoms with Crippen LogP contribution < -0.4 is 14.5 Å². The van der Waals surface area contributed by atoms with Gasteiger partial charge in [-0.2, -0.15) is 0 Å². The van der Waals surface area contributed by atoms with E-state index in [9.17, 15) is 4.79 Å². The van der Waals surface area contributed by atoms with Gasteiger partial charge in [0, 0.05) is 51.8 Å². The second-order valence-corrected chi connectivity index (χ2v) is 8.33. The van der Waals surface area contributed by atoms with Gasteiger partial charge in [0.15, 0.2) is 0 Å². The molecule has 0 bridgehead atoms. The summed E-state index contributed by atoms with van der Waals surface area (Å²) in [6, 6.07) is 12.1. The molecule has 7 heteroatoms. The molecule has 1 aliphatic heterocycles. The molecule has 1 aromatic heterocycles. The number of methoxy groups -OCH3 is 2. The molecule has 0 amide bonds. The van der Waals surface area contributed by atoms with E-state index in [0.29, 0.717) is 5.56 Å². The van der Waals surface area contributed by atoms with Crippen molar-refractivity contribution in [3.63, 3.8) is 0 Å². The maximum Gasteiger partial charge on any atom is 0.339 e. The number of carbonyl (C=O) groups is 1. The molecule has 1 fully saturated rings. The molecule has 0 saturated carbocycles. The summed E-state index contributed by atoms with van der Waals surface area (Å²) < 4.78 is 15.7. The largest absolute Gasteiger partial charge is 0.494 e. The van der Waals surface area contributed by atoms with E-state index in [1.807, 2.05) is 6.07 Å². The minimum absolute atomic E-state index is 0.361. The molecular formula is C26H37N3O4. The van der Waals surface area contributed by atoms with E-state index in [2.05, 4.69) is 39.0 Å². The van der Waals surface area contributed by atoms with Gasteiger partial charge >= 0.3 is 5.97 Å². The zero-order chi connectivity index (χ0) is 23.3. The van der Waals surface area contributed by atoms with Crippen molar-refractivity contribution in [3.05, 3.63) is 48.2 Å². The van der Waals surface area contributed by atoms with Gasteiger partial charge in [-0.15, -0.1) is 0 Å². The lowest BCUT2D eigenvalue weighted by Gasteiger charge is -2.36. The first-order valence-electron chi connectivity index (χ1n) is 12.0. The monoisotopic (exact) mass is 455 g/mol. The average molecular weight is 456 g/mol. The number of ether oxygens (including phenoxy) is 3.